The van der Waals surface area contributed by atoms with Crippen molar-refractivity contribution < 1.29 is 5.11 Å². The van der Waals surface area contributed by atoms with Crippen LogP contribution in [0.25, 0.3) is 0 Å². The molecule has 12 heavy (non-hydrogen) atoms. The van der Waals surface area contributed by atoms with Gasteiger partial charge >= 0.3 is 0 Å². The van der Waals surface area contributed by atoms with Gasteiger partial charge in [-0.05, 0) is 43.4 Å². The zero-order valence-electron chi connectivity index (χ0n) is 8.01. The van der Waals surface area contributed by atoms with Gasteiger partial charge in [-0.3, -0.25) is 0 Å². The molecule has 0 aromatic carbocycles. The lowest BCUT2D eigenvalue weighted by atomic mass is 9.78. The van der Waals surface area contributed by atoms with Crippen LogP contribution >= 0.6 is 0 Å². The lowest BCUT2D eigenvalue weighted by Crippen LogP contribution is -2.29. The van der Waals surface area contributed by atoms with E-state index in [9.17, 15) is 5.11 Å². The predicted molar refractivity (Wildman–Crippen MR) is 49.8 cm³/mol. The molecule has 0 heterocycles. The number of aliphatic hydroxyl groups is 1. The summed E-state index contributed by atoms with van der Waals surface area (Å²) in [5, 5.41) is 9.86. The molecule has 0 radical (unpaired) electrons. The second-order valence-corrected chi connectivity index (χ2v) is 4.94. The molecule has 0 aromatic rings. The van der Waals surface area contributed by atoms with Gasteiger partial charge in [0.05, 0.1) is 6.10 Å². The molecule has 0 spiro atoms. The molecule has 1 nitrogen and oxygen atoms in total. The fourth-order valence-corrected chi connectivity index (χ4v) is 2.61. The average Bonchev–Trinajstić information content (AvgIpc) is 2.62. The van der Waals surface area contributed by atoms with E-state index in [1.807, 2.05) is 0 Å². The van der Waals surface area contributed by atoms with Crippen LogP contribution in [-0.4, -0.2) is 11.2 Å². The molecule has 0 unspecified atom stereocenters. The number of hydrogen-bond acceptors (Lipinski definition) is 1. The van der Waals surface area contributed by atoms with E-state index in [1.165, 1.54) is 18.4 Å². The Balaban J connectivity index is 2.06. The van der Waals surface area contributed by atoms with E-state index < -0.39 is 0 Å². The first-order chi connectivity index (χ1) is 5.54. The first-order valence-corrected chi connectivity index (χ1v) is 4.87. The SMILES string of the molecule is C=C(C)[C@@H]1C[C@@H]2C[C@]2(C)[C@H](O)C1. The van der Waals surface area contributed by atoms with Gasteiger partial charge in [0, 0.05) is 0 Å². The van der Waals surface area contributed by atoms with Gasteiger partial charge in [-0.15, -0.1) is 0 Å². The molecule has 0 bridgehead atoms. The Morgan fingerprint density at radius 3 is 2.67 bits per heavy atom. The summed E-state index contributed by atoms with van der Waals surface area (Å²) in [4.78, 5) is 0. The molecule has 2 aliphatic carbocycles. The summed E-state index contributed by atoms with van der Waals surface area (Å²) in [7, 11) is 0. The summed E-state index contributed by atoms with van der Waals surface area (Å²) >= 11 is 0. The van der Waals surface area contributed by atoms with Gasteiger partial charge in [-0.25, -0.2) is 0 Å². The molecule has 0 aromatic heterocycles. The van der Waals surface area contributed by atoms with Crippen molar-refractivity contribution in [3.05, 3.63) is 12.2 Å². The Morgan fingerprint density at radius 2 is 2.17 bits per heavy atom. The minimum Gasteiger partial charge on any atom is -0.393 e. The van der Waals surface area contributed by atoms with E-state index >= 15 is 0 Å². The summed E-state index contributed by atoms with van der Waals surface area (Å²) in [6.45, 7) is 8.28. The Labute approximate surface area is 74.5 Å². The van der Waals surface area contributed by atoms with Gasteiger partial charge in [-0.1, -0.05) is 19.1 Å². The van der Waals surface area contributed by atoms with Crippen LogP contribution in [0.3, 0.4) is 0 Å². The van der Waals surface area contributed by atoms with Crippen LogP contribution < -0.4 is 0 Å². The molecule has 2 aliphatic rings. The third-order valence-electron chi connectivity index (χ3n) is 3.99. The summed E-state index contributed by atoms with van der Waals surface area (Å²) in [6.07, 6.45) is 3.38. The van der Waals surface area contributed by atoms with E-state index in [0.29, 0.717) is 5.92 Å². The first-order valence-electron chi connectivity index (χ1n) is 4.87. The number of hydrogen-bond donors (Lipinski definition) is 1. The van der Waals surface area contributed by atoms with Gasteiger partial charge < -0.3 is 5.11 Å². The second-order valence-electron chi connectivity index (χ2n) is 4.94. The van der Waals surface area contributed by atoms with Gasteiger partial charge in [0.15, 0.2) is 0 Å². The Morgan fingerprint density at radius 1 is 1.50 bits per heavy atom. The number of allylic oxidation sites excluding steroid dienone is 1. The average molecular weight is 166 g/mol. The molecule has 2 fully saturated rings. The third kappa shape index (κ3) is 1.03. The Kier molecular flexibility index (Phi) is 1.63. The van der Waals surface area contributed by atoms with E-state index in [1.54, 1.807) is 0 Å². The minimum absolute atomic E-state index is 0.0713. The second kappa shape index (κ2) is 2.35. The quantitative estimate of drug-likeness (QED) is 0.593. The monoisotopic (exact) mass is 166 g/mol. The molecule has 0 amide bonds. The van der Waals surface area contributed by atoms with Crippen molar-refractivity contribution in [1.29, 1.82) is 0 Å². The molecule has 68 valence electrons. The van der Waals surface area contributed by atoms with Crippen LogP contribution in [0.4, 0.5) is 0 Å². The van der Waals surface area contributed by atoms with Gasteiger partial charge in [0.2, 0.25) is 0 Å². The van der Waals surface area contributed by atoms with Gasteiger partial charge in [0.1, 0.15) is 0 Å². The number of aliphatic hydroxyl groups excluding tert-OH is 1. The maximum Gasteiger partial charge on any atom is 0.0602 e. The van der Waals surface area contributed by atoms with Crippen molar-refractivity contribution in [2.75, 3.05) is 0 Å². The maximum atomic E-state index is 9.86. The van der Waals surface area contributed by atoms with Crippen molar-refractivity contribution in [1.82, 2.24) is 0 Å². The standard InChI is InChI=1S/C11H18O/c1-7(2)8-4-9-6-11(9,3)10(12)5-8/h8-10,12H,1,4-6H2,2-3H3/t8-,9-,10-,11+/m1/s1. The van der Waals surface area contributed by atoms with Crippen molar-refractivity contribution in [3.63, 3.8) is 0 Å². The van der Waals surface area contributed by atoms with Crippen LogP contribution in [-0.2, 0) is 0 Å². The number of fused-ring (bicyclic) bond motifs is 1. The summed E-state index contributed by atoms with van der Waals surface area (Å²) in [5.41, 5.74) is 1.54. The first kappa shape index (κ1) is 8.31. The van der Waals surface area contributed by atoms with E-state index in [-0.39, 0.29) is 11.5 Å². The number of rotatable bonds is 1. The molecular formula is C11H18O. The smallest absolute Gasteiger partial charge is 0.0602 e. The van der Waals surface area contributed by atoms with Crippen LogP contribution in [0.2, 0.25) is 0 Å². The van der Waals surface area contributed by atoms with Crippen molar-refractivity contribution in [2.45, 2.75) is 39.2 Å². The topological polar surface area (TPSA) is 20.2 Å². The fourth-order valence-electron chi connectivity index (χ4n) is 2.61. The highest BCUT2D eigenvalue weighted by atomic mass is 16.3. The Bertz CT molecular complexity index is 221. The van der Waals surface area contributed by atoms with Gasteiger partial charge in [0.25, 0.3) is 0 Å². The van der Waals surface area contributed by atoms with Crippen molar-refractivity contribution >= 4 is 0 Å². The lowest BCUT2D eigenvalue weighted by Gasteiger charge is -2.31. The predicted octanol–water partition coefficient (Wildman–Crippen LogP) is 2.36. The molecule has 2 rings (SSSR count). The fraction of sp³-hybridized carbons (Fsp3) is 0.818. The maximum absolute atomic E-state index is 9.86. The van der Waals surface area contributed by atoms with Crippen LogP contribution in [0.15, 0.2) is 12.2 Å². The van der Waals surface area contributed by atoms with E-state index in [0.717, 1.165) is 12.3 Å². The summed E-state index contributed by atoms with van der Waals surface area (Å²) in [5.74, 6) is 1.36. The summed E-state index contributed by atoms with van der Waals surface area (Å²) in [6, 6.07) is 0. The molecule has 1 heteroatoms. The minimum atomic E-state index is -0.0713. The highest BCUT2D eigenvalue weighted by molar-refractivity contribution is 5.13. The third-order valence-corrected chi connectivity index (χ3v) is 3.99. The van der Waals surface area contributed by atoms with Crippen molar-refractivity contribution in [2.24, 2.45) is 17.3 Å². The van der Waals surface area contributed by atoms with Gasteiger partial charge in [-0.2, -0.15) is 0 Å². The molecule has 0 aliphatic heterocycles. The van der Waals surface area contributed by atoms with E-state index in [4.69, 9.17) is 0 Å². The lowest BCUT2D eigenvalue weighted by molar-refractivity contribution is 0.0485. The largest absolute Gasteiger partial charge is 0.393 e. The summed E-state index contributed by atoms with van der Waals surface area (Å²) < 4.78 is 0. The molecule has 0 saturated heterocycles. The Hall–Kier alpha value is -0.300. The highest BCUT2D eigenvalue weighted by Gasteiger charge is 2.58. The van der Waals surface area contributed by atoms with Crippen LogP contribution in [0.1, 0.15) is 33.1 Å². The normalized spacial score (nSPS) is 51.4. The van der Waals surface area contributed by atoms with Crippen LogP contribution in [0.5, 0.6) is 0 Å². The molecule has 1 N–H and O–H groups in total. The van der Waals surface area contributed by atoms with Crippen LogP contribution in [0, 0.1) is 17.3 Å². The molecule has 4 atom stereocenters. The zero-order chi connectivity index (χ0) is 8.93. The zero-order valence-corrected chi connectivity index (χ0v) is 8.01. The van der Waals surface area contributed by atoms with Crippen molar-refractivity contribution in [3.8, 4) is 0 Å². The molecular weight excluding hydrogens is 148 g/mol. The molecule has 2 saturated carbocycles. The highest BCUT2D eigenvalue weighted by Crippen LogP contribution is 2.62. The van der Waals surface area contributed by atoms with E-state index in [2.05, 4.69) is 20.4 Å².